The largest absolute Gasteiger partial charge is 0.392 e. The molecule has 7 heteroatoms. The van der Waals surface area contributed by atoms with Crippen LogP contribution in [-0.4, -0.2) is 57.8 Å². The second-order valence-corrected chi connectivity index (χ2v) is 7.78. The molecule has 1 amide bonds. The van der Waals surface area contributed by atoms with Crippen molar-refractivity contribution in [3.63, 3.8) is 0 Å². The molecule has 1 aromatic heterocycles. The van der Waals surface area contributed by atoms with Gasteiger partial charge in [-0.15, -0.1) is 0 Å². The van der Waals surface area contributed by atoms with E-state index in [0.717, 1.165) is 49.8 Å². The van der Waals surface area contributed by atoms with E-state index in [1.54, 1.807) is 0 Å². The molecule has 1 spiro atoms. The number of aromatic nitrogens is 2. The summed E-state index contributed by atoms with van der Waals surface area (Å²) in [5.74, 6) is 0.141. The number of carbonyl (C=O) groups is 1. The number of anilines is 1. The molecule has 4 rings (SSSR count). The van der Waals surface area contributed by atoms with E-state index in [1.807, 2.05) is 11.8 Å². The zero-order valence-corrected chi connectivity index (χ0v) is 15.4. The number of amides is 1. The predicted molar refractivity (Wildman–Crippen MR) is 96.7 cm³/mol. The molecule has 7 nitrogen and oxygen atoms in total. The molecule has 3 N–H and O–H groups in total. The van der Waals surface area contributed by atoms with Crippen molar-refractivity contribution in [2.75, 3.05) is 25.4 Å². The van der Waals surface area contributed by atoms with Gasteiger partial charge < -0.3 is 20.5 Å². The molecule has 2 fully saturated rings. The Hall–Kier alpha value is -1.73. The van der Waals surface area contributed by atoms with Gasteiger partial charge in [0.2, 0.25) is 5.95 Å². The fourth-order valence-corrected chi connectivity index (χ4v) is 4.88. The first-order chi connectivity index (χ1) is 12.5. The fraction of sp³-hybridized carbons (Fsp3) is 0.737. The van der Waals surface area contributed by atoms with E-state index in [1.165, 1.54) is 0 Å². The number of piperidine rings is 1. The van der Waals surface area contributed by atoms with Crippen molar-refractivity contribution in [3.8, 4) is 0 Å². The van der Waals surface area contributed by atoms with Crippen LogP contribution in [0.25, 0.3) is 0 Å². The number of aliphatic hydroxyl groups is 1. The van der Waals surface area contributed by atoms with E-state index in [0.29, 0.717) is 31.8 Å². The number of nitrogen functional groups attached to an aromatic ring is 1. The third-order valence-corrected chi connectivity index (χ3v) is 6.49. The quantitative estimate of drug-likeness (QED) is 0.843. The average Bonchev–Trinajstić information content (AvgIpc) is 2.66. The van der Waals surface area contributed by atoms with Gasteiger partial charge in [-0.05, 0) is 45.4 Å². The highest BCUT2D eigenvalue weighted by atomic mass is 16.5. The Morgan fingerprint density at radius 3 is 2.73 bits per heavy atom. The second kappa shape index (κ2) is 6.78. The SMILES string of the molecule is CCO[C@H]1C[C@@H](O)C12CCN(C(=O)c1nc(N)nc3c1CCCC3)CC2. The molecule has 3 aliphatic rings. The predicted octanol–water partition coefficient (Wildman–Crippen LogP) is 1.33. The first-order valence-corrected chi connectivity index (χ1v) is 9.79. The van der Waals surface area contributed by atoms with Crippen LogP contribution < -0.4 is 5.73 Å². The third kappa shape index (κ3) is 2.77. The number of rotatable bonds is 3. The number of hydrogen-bond acceptors (Lipinski definition) is 6. The van der Waals surface area contributed by atoms with Gasteiger partial charge in [-0.3, -0.25) is 4.79 Å². The lowest BCUT2D eigenvalue weighted by atomic mass is 9.58. The monoisotopic (exact) mass is 360 g/mol. The number of nitrogens with two attached hydrogens (primary N) is 1. The Labute approximate surface area is 153 Å². The lowest BCUT2D eigenvalue weighted by molar-refractivity contribution is -0.207. The van der Waals surface area contributed by atoms with Crippen LogP contribution in [0.5, 0.6) is 0 Å². The first-order valence-electron chi connectivity index (χ1n) is 9.79. The number of likely N-dealkylation sites (tertiary alicyclic amines) is 1. The van der Waals surface area contributed by atoms with E-state index < -0.39 is 0 Å². The van der Waals surface area contributed by atoms with Crippen LogP contribution in [0.3, 0.4) is 0 Å². The number of fused-ring (bicyclic) bond motifs is 1. The van der Waals surface area contributed by atoms with Gasteiger partial charge in [0, 0.05) is 42.8 Å². The highest BCUT2D eigenvalue weighted by Gasteiger charge is 2.56. The van der Waals surface area contributed by atoms with Crippen LogP contribution >= 0.6 is 0 Å². The summed E-state index contributed by atoms with van der Waals surface area (Å²) in [6.07, 6.45) is 5.90. The summed E-state index contributed by atoms with van der Waals surface area (Å²) in [4.78, 5) is 23.6. The summed E-state index contributed by atoms with van der Waals surface area (Å²) < 4.78 is 5.81. The van der Waals surface area contributed by atoms with E-state index >= 15 is 0 Å². The van der Waals surface area contributed by atoms with Crippen molar-refractivity contribution in [2.24, 2.45) is 5.41 Å². The zero-order chi connectivity index (χ0) is 18.3. The van der Waals surface area contributed by atoms with Crippen LogP contribution in [0, 0.1) is 5.41 Å². The smallest absolute Gasteiger partial charge is 0.272 e. The molecule has 1 saturated carbocycles. The molecule has 2 aliphatic carbocycles. The Balaban J connectivity index is 1.50. The third-order valence-electron chi connectivity index (χ3n) is 6.49. The van der Waals surface area contributed by atoms with E-state index in [9.17, 15) is 9.90 Å². The van der Waals surface area contributed by atoms with Gasteiger partial charge in [0.05, 0.1) is 12.2 Å². The van der Waals surface area contributed by atoms with Crippen LogP contribution in [0.1, 0.15) is 60.8 Å². The van der Waals surface area contributed by atoms with Gasteiger partial charge in [-0.1, -0.05) is 0 Å². The Bertz CT molecular complexity index is 698. The fourth-order valence-electron chi connectivity index (χ4n) is 4.88. The van der Waals surface area contributed by atoms with Crippen molar-refractivity contribution in [2.45, 2.75) is 64.1 Å². The summed E-state index contributed by atoms with van der Waals surface area (Å²) >= 11 is 0. The number of carbonyl (C=O) groups excluding carboxylic acids is 1. The van der Waals surface area contributed by atoms with Gasteiger partial charge >= 0.3 is 0 Å². The minimum absolute atomic E-state index is 0.0473. The molecule has 1 aromatic rings. The summed E-state index contributed by atoms with van der Waals surface area (Å²) in [6.45, 7) is 3.89. The molecule has 2 atom stereocenters. The summed E-state index contributed by atoms with van der Waals surface area (Å²) in [6, 6.07) is 0. The Morgan fingerprint density at radius 2 is 2.04 bits per heavy atom. The van der Waals surface area contributed by atoms with Crippen LogP contribution in [-0.2, 0) is 17.6 Å². The highest BCUT2D eigenvalue weighted by Crippen LogP contribution is 2.51. The molecule has 0 bridgehead atoms. The van der Waals surface area contributed by atoms with Crippen LogP contribution in [0.2, 0.25) is 0 Å². The minimum Gasteiger partial charge on any atom is -0.392 e. The van der Waals surface area contributed by atoms with Crippen molar-refractivity contribution in [1.82, 2.24) is 14.9 Å². The number of aryl methyl sites for hydroxylation is 1. The topological polar surface area (TPSA) is 102 Å². The van der Waals surface area contributed by atoms with Gasteiger partial charge in [-0.2, -0.15) is 0 Å². The molecule has 26 heavy (non-hydrogen) atoms. The number of ether oxygens (including phenoxy) is 1. The summed E-state index contributed by atoms with van der Waals surface area (Å²) in [5, 5.41) is 10.3. The molecule has 1 aliphatic heterocycles. The molecule has 2 heterocycles. The Kier molecular flexibility index (Phi) is 4.61. The normalized spacial score (nSPS) is 27.1. The molecular weight excluding hydrogens is 332 g/mol. The van der Waals surface area contributed by atoms with Crippen molar-refractivity contribution in [3.05, 3.63) is 17.0 Å². The van der Waals surface area contributed by atoms with Crippen molar-refractivity contribution < 1.29 is 14.6 Å². The number of hydrogen-bond donors (Lipinski definition) is 2. The van der Waals surface area contributed by atoms with Gasteiger partial charge in [0.1, 0.15) is 5.69 Å². The molecule has 0 radical (unpaired) electrons. The van der Waals surface area contributed by atoms with Crippen LogP contribution in [0.4, 0.5) is 5.95 Å². The molecule has 0 unspecified atom stereocenters. The highest BCUT2D eigenvalue weighted by molar-refractivity contribution is 5.94. The van der Waals surface area contributed by atoms with Crippen molar-refractivity contribution in [1.29, 1.82) is 0 Å². The second-order valence-electron chi connectivity index (χ2n) is 7.78. The Morgan fingerprint density at radius 1 is 1.31 bits per heavy atom. The summed E-state index contributed by atoms with van der Waals surface area (Å²) in [7, 11) is 0. The van der Waals surface area contributed by atoms with Gasteiger partial charge in [-0.25, -0.2) is 9.97 Å². The van der Waals surface area contributed by atoms with Crippen molar-refractivity contribution >= 4 is 11.9 Å². The number of aliphatic hydroxyl groups excluding tert-OH is 1. The zero-order valence-electron chi connectivity index (χ0n) is 15.4. The lowest BCUT2D eigenvalue weighted by Gasteiger charge is -2.56. The van der Waals surface area contributed by atoms with E-state index in [4.69, 9.17) is 10.5 Å². The van der Waals surface area contributed by atoms with E-state index in [-0.39, 0.29) is 29.5 Å². The first kappa shape index (κ1) is 17.7. The average molecular weight is 360 g/mol. The molecule has 1 saturated heterocycles. The van der Waals surface area contributed by atoms with Gasteiger partial charge in [0.25, 0.3) is 5.91 Å². The summed E-state index contributed by atoms with van der Waals surface area (Å²) in [5.41, 5.74) is 8.07. The standard InChI is InChI=1S/C19H28N4O3/c1-2-26-15-11-14(24)19(15)7-9-23(10-8-19)17(25)16-12-5-3-4-6-13(12)21-18(20)22-16/h14-15,24H,2-11H2,1H3,(H2,20,21,22)/t14-,15+/m1/s1. The minimum atomic E-state index is -0.321. The maximum absolute atomic E-state index is 13.1. The molecule has 142 valence electrons. The maximum Gasteiger partial charge on any atom is 0.272 e. The lowest BCUT2D eigenvalue weighted by Crippen LogP contribution is -2.62. The van der Waals surface area contributed by atoms with Gasteiger partial charge in [0.15, 0.2) is 0 Å². The molecular formula is C19H28N4O3. The van der Waals surface area contributed by atoms with E-state index in [2.05, 4.69) is 9.97 Å². The molecule has 0 aromatic carbocycles. The number of nitrogens with zero attached hydrogens (tertiary/aromatic N) is 3. The van der Waals surface area contributed by atoms with Crippen LogP contribution in [0.15, 0.2) is 0 Å². The maximum atomic E-state index is 13.1.